The van der Waals surface area contributed by atoms with Gasteiger partial charge in [-0.05, 0) is 55.7 Å². The van der Waals surface area contributed by atoms with Crippen molar-refractivity contribution in [2.45, 2.75) is 32.7 Å². The van der Waals surface area contributed by atoms with Gasteiger partial charge in [0.1, 0.15) is 22.9 Å². The summed E-state index contributed by atoms with van der Waals surface area (Å²) in [7, 11) is 3.55. The Kier molecular flexibility index (Phi) is 6.36. The van der Waals surface area contributed by atoms with Gasteiger partial charge in [0.15, 0.2) is 0 Å². The van der Waals surface area contributed by atoms with Crippen LogP contribution in [0.25, 0.3) is 11.0 Å². The van der Waals surface area contributed by atoms with E-state index < -0.39 is 6.36 Å². The van der Waals surface area contributed by atoms with Crippen LogP contribution in [0.4, 0.5) is 24.5 Å². The van der Waals surface area contributed by atoms with E-state index in [2.05, 4.69) is 32.5 Å². The van der Waals surface area contributed by atoms with Crippen molar-refractivity contribution in [2.24, 2.45) is 13.0 Å². The number of halogens is 3. The summed E-state index contributed by atoms with van der Waals surface area (Å²) in [6.45, 7) is 5.15. The highest BCUT2D eigenvalue weighted by molar-refractivity contribution is 5.91. The molecule has 1 aliphatic rings. The van der Waals surface area contributed by atoms with Crippen LogP contribution < -0.4 is 20.1 Å². The van der Waals surface area contributed by atoms with Gasteiger partial charge in [-0.15, -0.1) is 13.2 Å². The Hall–Kier alpha value is -3.74. The average molecular weight is 486 g/mol. The predicted molar refractivity (Wildman–Crippen MR) is 128 cm³/mol. The van der Waals surface area contributed by atoms with Gasteiger partial charge in [-0.1, -0.05) is 6.92 Å². The first-order valence-corrected chi connectivity index (χ1v) is 11.2. The number of benzene rings is 1. The normalized spacial score (nSPS) is 18.4. The van der Waals surface area contributed by atoms with Gasteiger partial charge < -0.3 is 19.1 Å². The average Bonchev–Trinajstić information content (AvgIpc) is 2.80. The zero-order chi connectivity index (χ0) is 25.5. The number of piperidine rings is 1. The fourth-order valence-electron chi connectivity index (χ4n) is 4.89. The van der Waals surface area contributed by atoms with E-state index in [0.717, 1.165) is 17.8 Å². The molecular formula is C25H26F3N5O2. The number of anilines is 2. The molecule has 3 heterocycles. The molecule has 0 bridgehead atoms. The molecule has 0 amide bonds. The molecule has 0 spiro atoms. The number of hydrogen-bond donors (Lipinski definition) is 0. The number of aryl methyl sites for hydroxylation is 2. The lowest BCUT2D eigenvalue weighted by atomic mass is 9.91. The third-order valence-electron chi connectivity index (χ3n) is 6.62. The van der Waals surface area contributed by atoms with Crippen molar-refractivity contribution in [3.05, 3.63) is 58.0 Å². The number of fused-ring (bicyclic) bond motifs is 1. The van der Waals surface area contributed by atoms with Gasteiger partial charge in [0.05, 0.1) is 11.2 Å². The predicted octanol–water partition coefficient (Wildman–Crippen LogP) is 4.36. The van der Waals surface area contributed by atoms with E-state index >= 15 is 0 Å². The third-order valence-corrected chi connectivity index (χ3v) is 6.62. The highest BCUT2D eigenvalue weighted by atomic mass is 19.4. The summed E-state index contributed by atoms with van der Waals surface area (Å²) in [5, 5.41) is 9.82. The minimum absolute atomic E-state index is 0.0809. The fraction of sp³-hybridized carbons (Fsp3) is 0.400. The fourth-order valence-corrected chi connectivity index (χ4v) is 4.89. The van der Waals surface area contributed by atoms with Crippen molar-refractivity contribution in [1.29, 1.82) is 5.26 Å². The Balaban J connectivity index is 1.60. The molecule has 0 N–H and O–H groups in total. The summed E-state index contributed by atoms with van der Waals surface area (Å²) in [6, 6.07) is 11.7. The number of nitrogens with zero attached hydrogens (tertiary/aromatic N) is 5. The molecule has 35 heavy (non-hydrogen) atoms. The van der Waals surface area contributed by atoms with Crippen LogP contribution in [0.15, 0.2) is 41.2 Å². The topological polar surface area (TPSA) is 74.4 Å². The first kappa shape index (κ1) is 24.4. The Bertz CT molecular complexity index is 1340. The van der Waals surface area contributed by atoms with Gasteiger partial charge in [0.25, 0.3) is 5.56 Å². The maximum atomic E-state index is 12.9. The van der Waals surface area contributed by atoms with Gasteiger partial charge in [-0.25, -0.2) is 4.98 Å². The molecule has 1 unspecified atom stereocenters. The van der Waals surface area contributed by atoms with Crippen LogP contribution in [0.1, 0.15) is 24.6 Å². The number of pyridine rings is 2. The Morgan fingerprint density at radius 3 is 2.49 bits per heavy atom. The molecule has 0 aliphatic carbocycles. The van der Waals surface area contributed by atoms with Gasteiger partial charge in [0.2, 0.25) is 0 Å². The maximum absolute atomic E-state index is 12.9. The summed E-state index contributed by atoms with van der Waals surface area (Å²) in [5.41, 5.74) is 3.16. The molecule has 0 saturated carbocycles. The lowest BCUT2D eigenvalue weighted by molar-refractivity contribution is -0.274. The lowest BCUT2D eigenvalue weighted by Gasteiger charge is -2.43. The summed E-state index contributed by atoms with van der Waals surface area (Å²) >= 11 is 0. The van der Waals surface area contributed by atoms with E-state index in [4.69, 9.17) is 0 Å². The van der Waals surface area contributed by atoms with E-state index in [1.165, 1.54) is 16.7 Å². The second kappa shape index (κ2) is 9.13. The lowest BCUT2D eigenvalue weighted by Crippen LogP contribution is -2.49. The van der Waals surface area contributed by atoms with Gasteiger partial charge in [0, 0.05) is 44.6 Å². The number of nitriles is 1. The smallest absolute Gasteiger partial charge is 0.406 e. The highest BCUT2D eigenvalue weighted by Gasteiger charge is 2.33. The van der Waals surface area contributed by atoms with E-state index in [1.807, 2.05) is 26.1 Å². The quantitative estimate of drug-likeness (QED) is 0.547. The SMILES string of the molecule is Cc1ccc2c(n1)c(N1CCC(N(C)c3ccc(OC(F)(F)F)cc3)[C@H](C)C1)c(C#N)c(=O)n2C. The summed E-state index contributed by atoms with van der Waals surface area (Å²) < 4.78 is 42.8. The molecule has 4 rings (SSSR count). The molecule has 1 aliphatic heterocycles. The molecule has 184 valence electrons. The van der Waals surface area contributed by atoms with Crippen molar-refractivity contribution in [3.63, 3.8) is 0 Å². The molecule has 10 heteroatoms. The molecule has 1 aromatic carbocycles. The van der Waals surface area contributed by atoms with Gasteiger partial charge >= 0.3 is 6.36 Å². The standard InChI is InChI=1S/C25H26F3N5O2/c1-15-14-33(23-19(13-29)24(34)32(4)21-10-5-16(2)30-22(21)23)12-11-20(15)31(3)17-6-8-18(9-7-17)35-25(26,27)28/h5-10,15,20H,11-12,14H2,1-4H3/t15-,20?/m1/s1. The van der Waals surface area contributed by atoms with Gasteiger partial charge in [-0.3, -0.25) is 4.79 Å². The minimum atomic E-state index is -4.73. The van der Waals surface area contributed by atoms with Crippen LogP contribution in [0, 0.1) is 24.2 Å². The molecule has 0 radical (unpaired) electrons. The van der Waals surface area contributed by atoms with E-state index in [9.17, 15) is 23.2 Å². The van der Waals surface area contributed by atoms with Crippen molar-refractivity contribution < 1.29 is 17.9 Å². The van der Waals surface area contributed by atoms with Crippen molar-refractivity contribution in [3.8, 4) is 11.8 Å². The number of hydrogen-bond acceptors (Lipinski definition) is 6. The second-order valence-electron chi connectivity index (χ2n) is 8.95. The van der Waals surface area contributed by atoms with Crippen LogP contribution in [-0.2, 0) is 7.05 Å². The van der Waals surface area contributed by atoms with Crippen LogP contribution >= 0.6 is 0 Å². The number of alkyl halides is 3. The highest BCUT2D eigenvalue weighted by Crippen LogP contribution is 2.34. The zero-order valence-corrected chi connectivity index (χ0v) is 19.9. The van der Waals surface area contributed by atoms with E-state index in [0.29, 0.717) is 29.8 Å². The van der Waals surface area contributed by atoms with E-state index in [-0.39, 0.29) is 28.8 Å². The first-order valence-electron chi connectivity index (χ1n) is 11.2. The first-order chi connectivity index (χ1) is 16.5. The summed E-state index contributed by atoms with van der Waals surface area (Å²) in [6.07, 6.45) is -4.00. The van der Waals surface area contributed by atoms with Crippen molar-refractivity contribution >= 4 is 22.4 Å². The summed E-state index contributed by atoms with van der Waals surface area (Å²) in [5.74, 6) is -0.128. The second-order valence-corrected chi connectivity index (χ2v) is 8.95. The Morgan fingerprint density at radius 1 is 1.20 bits per heavy atom. The monoisotopic (exact) mass is 485 g/mol. The zero-order valence-electron chi connectivity index (χ0n) is 19.9. The van der Waals surface area contributed by atoms with Crippen LogP contribution in [0.3, 0.4) is 0 Å². The van der Waals surface area contributed by atoms with Crippen LogP contribution in [0.5, 0.6) is 5.75 Å². The number of ether oxygens (including phenoxy) is 1. The molecular weight excluding hydrogens is 459 g/mol. The summed E-state index contributed by atoms with van der Waals surface area (Å²) in [4.78, 5) is 21.7. The van der Waals surface area contributed by atoms with Crippen molar-refractivity contribution in [2.75, 3.05) is 29.9 Å². The molecule has 2 aromatic heterocycles. The van der Waals surface area contributed by atoms with E-state index in [1.54, 1.807) is 19.2 Å². The minimum Gasteiger partial charge on any atom is -0.406 e. The molecule has 1 fully saturated rings. The number of aromatic nitrogens is 2. The molecule has 7 nitrogen and oxygen atoms in total. The van der Waals surface area contributed by atoms with Gasteiger partial charge in [-0.2, -0.15) is 5.26 Å². The maximum Gasteiger partial charge on any atom is 0.573 e. The Labute approximate surface area is 201 Å². The number of rotatable bonds is 4. The van der Waals surface area contributed by atoms with Crippen LogP contribution in [-0.4, -0.2) is 42.1 Å². The van der Waals surface area contributed by atoms with Crippen molar-refractivity contribution in [1.82, 2.24) is 9.55 Å². The Morgan fingerprint density at radius 2 is 1.89 bits per heavy atom. The molecule has 1 saturated heterocycles. The third kappa shape index (κ3) is 4.76. The molecule has 2 atom stereocenters. The van der Waals surface area contributed by atoms with Crippen LogP contribution in [0.2, 0.25) is 0 Å². The molecule has 3 aromatic rings. The largest absolute Gasteiger partial charge is 0.573 e.